The van der Waals surface area contributed by atoms with Crippen LogP contribution in [0.3, 0.4) is 0 Å². The number of rotatable bonds is 9. The van der Waals surface area contributed by atoms with E-state index in [0.29, 0.717) is 17.6 Å². The molecule has 0 atom stereocenters. The second-order valence-corrected chi connectivity index (χ2v) is 13.1. The lowest BCUT2D eigenvalue weighted by Gasteiger charge is -2.42. The van der Waals surface area contributed by atoms with Crippen molar-refractivity contribution in [2.24, 2.45) is 0 Å². The smallest absolute Gasteiger partial charge is 0.239 e. The van der Waals surface area contributed by atoms with E-state index >= 15 is 0 Å². The van der Waals surface area contributed by atoms with Gasteiger partial charge in [0.2, 0.25) is 21.9 Å². The fraction of sp³-hybridized carbons (Fsp3) is 0.464. The lowest BCUT2D eigenvalue weighted by atomic mass is 10.0. The zero-order valence-corrected chi connectivity index (χ0v) is 26.3. The van der Waals surface area contributed by atoms with Crippen molar-refractivity contribution in [3.8, 4) is 5.88 Å². The van der Waals surface area contributed by atoms with Crippen molar-refractivity contribution in [1.29, 1.82) is 0 Å². The number of likely N-dealkylation sites (N-methyl/N-ethyl adjacent to an activating group) is 1. The number of ether oxygens (including phenoxy) is 1. The highest BCUT2D eigenvalue weighted by Crippen LogP contribution is 2.34. The van der Waals surface area contributed by atoms with Crippen molar-refractivity contribution in [2.75, 3.05) is 79.9 Å². The number of sulfonamides is 1. The predicted octanol–water partition coefficient (Wildman–Crippen LogP) is 4.06. The third kappa shape index (κ3) is 7.74. The molecule has 12 nitrogen and oxygen atoms in total. The summed E-state index contributed by atoms with van der Waals surface area (Å²) in [6.45, 7) is 8.36. The Balaban J connectivity index is 1.31. The van der Waals surface area contributed by atoms with Crippen LogP contribution in [-0.4, -0.2) is 98.9 Å². The van der Waals surface area contributed by atoms with E-state index < -0.39 is 15.8 Å². The summed E-state index contributed by atoms with van der Waals surface area (Å²) in [6.07, 6.45) is 4.57. The number of nitrogens with zero attached hydrogens (tertiary/aromatic N) is 6. The van der Waals surface area contributed by atoms with Gasteiger partial charge < -0.3 is 25.2 Å². The molecule has 232 valence electrons. The first kappa shape index (κ1) is 31.0. The average Bonchev–Trinajstić information content (AvgIpc) is 2.96. The van der Waals surface area contributed by atoms with Gasteiger partial charge in [0.1, 0.15) is 22.3 Å². The van der Waals surface area contributed by atoms with Gasteiger partial charge in [-0.3, -0.25) is 9.62 Å². The highest BCUT2D eigenvalue weighted by molar-refractivity contribution is 7.92. The summed E-state index contributed by atoms with van der Waals surface area (Å²) in [4.78, 5) is 20.9. The Morgan fingerprint density at radius 1 is 1.00 bits per heavy atom. The number of aryl methyl sites for hydroxylation is 1. The number of piperidine rings is 1. The Bertz CT molecular complexity index is 1560. The molecule has 2 aromatic heterocycles. The minimum atomic E-state index is -3.66. The van der Waals surface area contributed by atoms with Gasteiger partial charge in [0, 0.05) is 51.4 Å². The fourth-order valence-corrected chi connectivity index (χ4v) is 6.16. The zero-order valence-electron chi connectivity index (χ0n) is 24.7. The summed E-state index contributed by atoms with van der Waals surface area (Å²) in [6, 6.07) is 6.20. The summed E-state index contributed by atoms with van der Waals surface area (Å²) in [5, 5.41) is 6.29. The van der Waals surface area contributed by atoms with Crippen LogP contribution in [0.25, 0.3) is 0 Å². The molecule has 43 heavy (non-hydrogen) atoms. The monoisotopic (exact) mass is 633 g/mol. The van der Waals surface area contributed by atoms with Gasteiger partial charge >= 0.3 is 0 Å². The second kappa shape index (κ2) is 13.0. The number of benzene rings is 1. The summed E-state index contributed by atoms with van der Waals surface area (Å²) < 4.78 is 45.4. The number of anilines is 6. The quantitative estimate of drug-likeness (QED) is 0.316. The van der Waals surface area contributed by atoms with Crippen LogP contribution in [-0.2, 0) is 10.0 Å². The largest absolute Gasteiger partial charge is 0.479 e. The molecule has 2 aliphatic heterocycles. The second-order valence-electron chi connectivity index (χ2n) is 10.9. The van der Waals surface area contributed by atoms with E-state index in [1.807, 2.05) is 13.0 Å². The highest BCUT2D eigenvalue weighted by atomic mass is 35.5. The molecule has 5 rings (SSSR count). The van der Waals surface area contributed by atoms with Crippen molar-refractivity contribution in [3.63, 3.8) is 0 Å². The number of piperazine rings is 1. The molecule has 1 aromatic carbocycles. The molecule has 3 N–H and O–H groups in total. The number of nitrogens with one attached hydrogen (secondary N) is 3. The Kier molecular flexibility index (Phi) is 9.39. The SMILES string of the molecule is COc1nc(N2CCC(N3CCN(C)CC3)CC2)c(C)cc1Nc1ncc(Cl)c(Nc2ccc(F)cc2NS(C)(=O)=O)n1. The normalized spacial score (nSPS) is 17.1. The Morgan fingerprint density at radius 3 is 2.40 bits per heavy atom. The molecule has 3 aromatic rings. The Morgan fingerprint density at radius 2 is 1.72 bits per heavy atom. The van der Waals surface area contributed by atoms with Crippen LogP contribution in [0.15, 0.2) is 30.5 Å². The van der Waals surface area contributed by atoms with Gasteiger partial charge in [0.05, 0.1) is 30.9 Å². The van der Waals surface area contributed by atoms with Crippen LogP contribution in [0, 0.1) is 12.7 Å². The maximum absolute atomic E-state index is 13.9. The standard InChI is InChI=1S/C28H37ClFN9O3S/c1-18-15-24(27(42-3)35-26(18)39-9-7-20(8-10-39)38-13-11-37(2)12-14-38)33-28-31-17-21(29)25(34-28)32-22-6-5-19(30)16-23(22)36-43(4,40)41/h5-6,15-17,20,36H,7-14H2,1-4H3,(H2,31,32,33,34). The van der Waals surface area contributed by atoms with Crippen molar-refractivity contribution < 1.29 is 17.5 Å². The van der Waals surface area contributed by atoms with E-state index in [4.69, 9.17) is 21.3 Å². The topological polar surface area (TPSA) is 128 Å². The number of hydrogen-bond donors (Lipinski definition) is 3. The molecule has 0 bridgehead atoms. The fourth-order valence-electron chi connectivity index (χ4n) is 5.46. The van der Waals surface area contributed by atoms with Crippen molar-refractivity contribution in [3.05, 3.63) is 46.9 Å². The van der Waals surface area contributed by atoms with Crippen LogP contribution in [0.1, 0.15) is 18.4 Å². The van der Waals surface area contributed by atoms with Gasteiger partial charge in [-0.1, -0.05) is 11.6 Å². The van der Waals surface area contributed by atoms with Gasteiger partial charge in [0.25, 0.3) is 0 Å². The average molecular weight is 634 g/mol. The third-order valence-electron chi connectivity index (χ3n) is 7.68. The molecule has 0 aliphatic carbocycles. The Labute approximate surface area is 256 Å². The van der Waals surface area contributed by atoms with Crippen molar-refractivity contribution in [1.82, 2.24) is 24.8 Å². The first-order valence-electron chi connectivity index (χ1n) is 14.1. The molecule has 0 amide bonds. The lowest BCUT2D eigenvalue weighted by molar-refractivity contribution is 0.0981. The van der Waals surface area contributed by atoms with Crippen molar-refractivity contribution in [2.45, 2.75) is 25.8 Å². The molecule has 0 saturated carbocycles. The summed E-state index contributed by atoms with van der Waals surface area (Å²) in [5.74, 6) is 1.07. The number of methoxy groups -OCH3 is 1. The van der Waals surface area contributed by atoms with E-state index in [-0.39, 0.29) is 28.2 Å². The molecular weight excluding hydrogens is 597 g/mol. The molecule has 0 radical (unpaired) electrons. The first-order chi connectivity index (χ1) is 20.5. The van der Waals surface area contributed by atoms with Gasteiger partial charge in [-0.2, -0.15) is 9.97 Å². The van der Waals surface area contributed by atoms with E-state index in [9.17, 15) is 12.8 Å². The minimum Gasteiger partial charge on any atom is -0.479 e. The maximum Gasteiger partial charge on any atom is 0.239 e. The first-order valence-corrected chi connectivity index (χ1v) is 16.3. The lowest BCUT2D eigenvalue weighted by Crippen LogP contribution is -2.52. The van der Waals surface area contributed by atoms with Gasteiger partial charge in [-0.05, 0) is 50.6 Å². The zero-order chi connectivity index (χ0) is 30.7. The number of aromatic nitrogens is 3. The molecule has 2 saturated heterocycles. The van der Waals surface area contributed by atoms with Gasteiger partial charge in [-0.15, -0.1) is 0 Å². The molecule has 0 unspecified atom stereocenters. The molecule has 2 fully saturated rings. The van der Waals surface area contributed by atoms with Crippen molar-refractivity contribution >= 4 is 56.3 Å². The summed E-state index contributed by atoms with van der Waals surface area (Å²) >= 11 is 6.35. The van der Waals surface area contributed by atoms with Crippen LogP contribution < -0.4 is 25.0 Å². The van der Waals surface area contributed by atoms with Crippen LogP contribution >= 0.6 is 11.6 Å². The molecular formula is C28H37ClFN9O3S. The Hall–Kier alpha value is -3.46. The molecule has 0 spiro atoms. The van der Waals surface area contributed by atoms with Crippen LogP contribution in [0.5, 0.6) is 5.88 Å². The minimum absolute atomic E-state index is 0.0105. The van der Waals surface area contributed by atoms with E-state index in [1.165, 1.54) is 18.3 Å². The van der Waals surface area contributed by atoms with Crippen LogP contribution in [0.4, 0.5) is 39.0 Å². The number of hydrogen-bond acceptors (Lipinski definition) is 11. The van der Waals surface area contributed by atoms with E-state index in [2.05, 4.69) is 47.1 Å². The van der Waals surface area contributed by atoms with Gasteiger partial charge in [-0.25, -0.2) is 17.8 Å². The maximum atomic E-state index is 13.9. The summed E-state index contributed by atoms with van der Waals surface area (Å²) in [5.41, 5.74) is 1.83. The highest BCUT2D eigenvalue weighted by Gasteiger charge is 2.28. The number of halogens is 2. The van der Waals surface area contributed by atoms with E-state index in [0.717, 1.165) is 75.8 Å². The molecule has 15 heteroatoms. The summed E-state index contributed by atoms with van der Waals surface area (Å²) in [7, 11) is 0.0789. The third-order valence-corrected chi connectivity index (χ3v) is 8.55. The van der Waals surface area contributed by atoms with Crippen LogP contribution in [0.2, 0.25) is 5.02 Å². The molecule has 4 heterocycles. The predicted molar refractivity (Wildman–Crippen MR) is 168 cm³/mol. The van der Waals surface area contributed by atoms with Gasteiger partial charge in [0.15, 0.2) is 5.82 Å². The molecule has 2 aliphatic rings. The van der Waals surface area contributed by atoms with E-state index in [1.54, 1.807) is 7.11 Å². The number of pyridine rings is 1.